The summed E-state index contributed by atoms with van der Waals surface area (Å²) in [5, 5.41) is 2.12. The molecule has 2 aromatic rings. The number of aromatic nitrogens is 2. The topological polar surface area (TPSA) is 72.9 Å². The standard InChI is InChI=1S/C12H11F3N4O/c13-7-3-9(15)10(4-8(7)14)18-12(20)11-5-19(2-1-16)6-17-11/h3-6H,1-2,16H2,(H,18,20). The van der Waals surface area contributed by atoms with E-state index in [0.717, 1.165) is 0 Å². The van der Waals surface area contributed by atoms with Crippen molar-refractivity contribution in [1.82, 2.24) is 9.55 Å². The second kappa shape index (κ2) is 5.74. The van der Waals surface area contributed by atoms with E-state index in [4.69, 9.17) is 5.73 Å². The van der Waals surface area contributed by atoms with Crippen LogP contribution in [0.1, 0.15) is 10.5 Å². The third-order valence-electron chi connectivity index (χ3n) is 2.51. The fourth-order valence-electron chi connectivity index (χ4n) is 1.55. The molecule has 2 rings (SSSR count). The van der Waals surface area contributed by atoms with Gasteiger partial charge in [0.25, 0.3) is 5.91 Å². The minimum absolute atomic E-state index is 0.0163. The SMILES string of the molecule is NCCn1cnc(C(=O)Nc2cc(F)c(F)cc2F)c1. The van der Waals surface area contributed by atoms with Gasteiger partial charge in [0.2, 0.25) is 0 Å². The smallest absolute Gasteiger partial charge is 0.275 e. The average molecular weight is 284 g/mol. The zero-order chi connectivity index (χ0) is 14.7. The second-order valence-electron chi connectivity index (χ2n) is 3.99. The molecule has 5 nitrogen and oxygen atoms in total. The number of benzene rings is 1. The van der Waals surface area contributed by atoms with E-state index in [1.807, 2.05) is 0 Å². The van der Waals surface area contributed by atoms with Crippen LogP contribution in [0, 0.1) is 17.5 Å². The molecule has 106 valence electrons. The Labute approximate surface area is 112 Å². The quantitative estimate of drug-likeness (QED) is 0.836. The van der Waals surface area contributed by atoms with Crippen LogP contribution in [0.3, 0.4) is 0 Å². The maximum Gasteiger partial charge on any atom is 0.275 e. The van der Waals surface area contributed by atoms with Crippen LogP contribution in [-0.2, 0) is 6.54 Å². The van der Waals surface area contributed by atoms with Crippen molar-refractivity contribution in [3.63, 3.8) is 0 Å². The minimum Gasteiger partial charge on any atom is -0.335 e. The predicted octanol–water partition coefficient (Wildman–Crippen LogP) is 1.51. The summed E-state index contributed by atoms with van der Waals surface area (Å²) in [5.74, 6) is -4.38. The second-order valence-corrected chi connectivity index (χ2v) is 3.99. The maximum atomic E-state index is 13.4. The summed E-state index contributed by atoms with van der Waals surface area (Å²) in [6.45, 7) is 0.842. The predicted molar refractivity (Wildman–Crippen MR) is 65.6 cm³/mol. The fourth-order valence-corrected chi connectivity index (χ4v) is 1.55. The zero-order valence-corrected chi connectivity index (χ0v) is 10.2. The first-order valence-corrected chi connectivity index (χ1v) is 5.69. The monoisotopic (exact) mass is 284 g/mol. The highest BCUT2D eigenvalue weighted by Gasteiger charge is 2.15. The molecule has 0 aliphatic rings. The Hall–Kier alpha value is -2.35. The summed E-state index contributed by atoms with van der Waals surface area (Å²) in [6, 6.07) is 0.928. The lowest BCUT2D eigenvalue weighted by Crippen LogP contribution is -2.14. The largest absolute Gasteiger partial charge is 0.335 e. The first-order valence-electron chi connectivity index (χ1n) is 5.69. The van der Waals surface area contributed by atoms with Gasteiger partial charge in [-0.2, -0.15) is 0 Å². The average Bonchev–Trinajstić information content (AvgIpc) is 2.85. The molecule has 1 amide bonds. The van der Waals surface area contributed by atoms with Crippen LogP contribution in [-0.4, -0.2) is 22.0 Å². The summed E-state index contributed by atoms with van der Waals surface area (Å²) in [4.78, 5) is 15.6. The number of rotatable bonds is 4. The van der Waals surface area contributed by atoms with Gasteiger partial charge in [-0.15, -0.1) is 0 Å². The number of imidazole rings is 1. The Kier molecular flexibility index (Phi) is 4.04. The van der Waals surface area contributed by atoms with E-state index >= 15 is 0 Å². The lowest BCUT2D eigenvalue weighted by Gasteiger charge is -2.05. The molecule has 0 aliphatic carbocycles. The molecule has 20 heavy (non-hydrogen) atoms. The zero-order valence-electron chi connectivity index (χ0n) is 10.2. The van der Waals surface area contributed by atoms with Gasteiger partial charge in [-0.1, -0.05) is 0 Å². The van der Waals surface area contributed by atoms with Crippen molar-refractivity contribution in [2.45, 2.75) is 6.54 Å². The Morgan fingerprint density at radius 2 is 1.95 bits per heavy atom. The number of carbonyl (C=O) groups excluding carboxylic acids is 1. The van der Waals surface area contributed by atoms with E-state index in [0.29, 0.717) is 25.2 Å². The summed E-state index contributed by atoms with van der Waals surface area (Å²) in [7, 11) is 0. The van der Waals surface area contributed by atoms with Gasteiger partial charge < -0.3 is 15.6 Å². The number of nitrogens with zero attached hydrogens (tertiary/aromatic N) is 2. The molecule has 3 N–H and O–H groups in total. The summed E-state index contributed by atoms with van der Waals surface area (Å²) < 4.78 is 40.7. The van der Waals surface area contributed by atoms with Crippen LogP contribution in [0.25, 0.3) is 0 Å². The maximum absolute atomic E-state index is 13.4. The van der Waals surface area contributed by atoms with Crippen LogP contribution in [0.5, 0.6) is 0 Å². The van der Waals surface area contributed by atoms with Gasteiger partial charge in [0.05, 0.1) is 12.0 Å². The molecule has 8 heteroatoms. The highest BCUT2D eigenvalue weighted by atomic mass is 19.2. The molecule has 0 bridgehead atoms. The number of hydrogen-bond donors (Lipinski definition) is 2. The first-order chi connectivity index (χ1) is 9.51. The molecule has 0 saturated carbocycles. The molecule has 0 atom stereocenters. The number of amides is 1. The van der Waals surface area contributed by atoms with Crippen molar-refractivity contribution < 1.29 is 18.0 Å². The molecule has 0 fully saturated rings. The van der Waals surface area contributed by atoms with Crippen LogP contribution >= 0.6 is 0 Å². The van der Waals surface area contributed by atoms with E-state index < -0.39 is 29.0 Å². The van der Waals surface area contributed by atoms with Gasteiger partial charge in [-0.05, 0) is 0 Å². The molecular formula is C12H11F3N4O. The van der Waals surface area contributed by atoms with E-state index in [1.165, 1.54) is 12.5 Å². The molecule has 0 saturated heterocycles. The molecule has 1 heterocycles. The van der Waals surface area contributed by atoms with Crippen molar-refractivity contribution in [2.75, 3.05) is 11.9 Å². The van der Waals surface area contributed by atoms with Crippen LogP contribution < -0.4 is 11.1 Å². The molecule has 1 aromatic carbocycles. The first kappa shape index (κ1) is 14.1. The molecular weight excluding hydrogens is 273 g/mol. The number of halogens is 3. The van der Waals surface area contributed by atoms with Crippen molar-refractivity contribution in [3.05, 3.63) is 47.8 Å². The summed E-state index contributed by atoms with van der Waals surface area (Å²) in [6.07, 6.45) is 2.81. The van der Waals surface area contributed by atoms with E-state index in [1.54, 1.807) is 4.57 Å². The lowest BCUT2D eigenvalue weighted by molar-refractivity contribution is 0.102. The number of nitrogens with two attached hydrogens (primary N) is 1. The molecule has 0 radical (unpaired) electrons. The van der Waals surface area contributed by atoms with Crippen molar-refractivity contribution in [3.8, 4) is 0 Å². The number of carbonyl (C=O) groups is 1. The van der Waals surface area contributed by atoms with Crippen LogP contribution in [0.2, 0.25) is 0 Å². The molecule has 0 spiro atoms. The van der Waals surface area contributed by atoms with Gasteiger partial charge in [0.1, 0.15) is 11.5 Å². The van der Waals surface area contributed by atoms with Gasteiger partial charge in [-0.3, -0.25) is 4.79 Å². The van der Waals surface area contributed by atoms with E-state index in [-0.39, 0.29) is 5.69 Å². The number of nitrogens with one attached hydrogen (secondary N) is 1. The number of hydrogen-bond acceptors (Lipinski definition) is 3. The highest BCUT2D eigenvalue weighted by molar-refractivity contribution is 6.02. The van der Waals surface area contributed by atoms with Crippen molar-refractivity contribution >= 4 is 11.6 Å². The number of anilines is 1. The van der Waals surface area contributed by atoms with E-state index in [2.05, 4.69) is 10.3 Å². The highest BCUT2D eigenvalue weighted by Crippen LogP contribution is 2.18. The summed E-state index contributed by atoms with van der Waals surface area (Å²) >= 11 is 0. The minimum atomic E-state index is -1.33. The van der Waals surface area contributed by atoms with Gasteiger partial charge in [0.15, 0.2) is 11.6 Å². The van der Waals surface area contributed by atoms with Crippen LogP contribution in [0.4, 0.5) is 18.9 Å². The Balaban J connectivity index is 2.16. The van der Waals surface area contributed by atoms with E-state index in [9.17, 15) is 18.0 Å². The van der Waals surface area contributed by atoms with Crippen LogP contribution in [0.15, 0.2) is 24.7 Å². The lowest BCUT2D eigenvalue weighted by atomic mass is 10.2. The van der Waals surface area contributed by atoms with Gasteiger partial charge in [-0.25, -0.2) is 18.2 Å². The van der Waals surface area contributed by atoms with Gasteiger partial charge in [0, 0.05) is 31.4 Å². The Morgan fingerprint density at radius 1 is 1.25 bits per heavy atom. The molecule has 0 unspecified atom stereocenters. The van der Waals surface area contributed by atoms with Gasteiger partial charge >= 0.3 is 0 Å². The normalized spacial score (nSPS) is 10.6. The van der Waals surface area contributed by atoms with Crippen molar-refractivity contribution in [2.24, 2.45) is 5.73 Å². The molecule has 0 aliphatic heterocycles. The third kappa shape index (κ3) is 2.97. The summed E-state index contributed by atoms with van der Waals surface area (Å²) in [5.41, 5.74) is 4.90. The van der Waals surface area contributed by atoms with Crippen molar-refractivity contribution in [1.29, 1.82) is 0 Å². The Morgan fingerprint density at radius 3 is 2.65 bits per heavy atom. The Bertz CT molecular complexity index is 642. The third-order valence-corrected chi connectivity index (χ3v) is 2.51. The fraction of sp³-hybridized carbons (Fsp3) is 0.167. The molecule has 1 aromatic heterocycles.